The van der Waals surface area contributed by atoms with Gasteiger partial charge >= 0.3 is 0 Å². The maximum atomic E-state index is 13.3. The van der Waals surface area contributed by atoms with Crippen molar-refractivity contribution in [3.05, 3.63) is 111 Å². The number of amides is 1. The van der Waals surface area contributed by atoms with Gasteiger partial charge in [-0.1, -0.05) is 48.5 Å². The molecule has 0 saturated heterocycles. The average molecular weight is 411 g/mol. The highest BCUT2D eigenvalue weighted by Crippen LogP contribution is 2.32. The second-order valence-electron chi connectivity index (χ2n) is 7.88. The molecule has 3 aromatic carbocycles. The molecule has 0 aliphatic carbocycles. The summed E-state index contributed by atoms with van der Waals surface area (Å²) in [6.45, 7) is 4.29. The fourth-order valence-electron chi connectivity index (χ4n) is 4.11. The lowest BCUT2D eigenvalue weighted by Gasteiger charge is -2.13. The van der Waals surface area contributed by atoms with Crippen LogP contribution in [0.15, 0.2) is 75.9 Å². The van der Waals surface area contributed by atoms with E-state index < -0.39 is 6.04 Å². The van der Waals surface area contributed by atoms with Gasteiger partial charge in [-0.25, -0.2) is 0 Å². The summed E-state index contributed by atoms with van der Waals surface area (Å²) in [6, 6.07) is 20.6. The highest BCUT2D eigenvalue weighted by atomic mass is 16.5. The van der Waals surface area contributed by atoms with Crippen LogP contribution in [0.1, 0.15) is 44.4 Å². The van der Waals surface area contributed by atoms with Crippen LogP contribution in [0.25, 0.3) is 11.0 Å². The third kappa shape index (κ3) is 3.38. The molecule has 4 aromatic rings. The summed E-state index contributed by atoms with van der Waals surface area (Å²) >= 11 is 0. The maximum absolute atomic E-state index is 13.3. The monoisotopic (exact) mass is 411 g/mol. The van der Waals surface area contributed by atoms with Gasteiger partial charge in [0.2, 0.25) is 5.76 Å². The zero-order valence-corrected chi connectivity index (χ0v) is 17.3. The van der Waals surface area contributed by atoms with E-state index in [2.05, 4.69) is 5.32 Å². The minimum atomic E-state index is -0.549. The highest BCUT2D eigenvalue weighted by Gasteiger charge is 2.36. The molecule has 0 bridgehead atoms. The van der Waals surface area contributed by atoms with Crippen molar-refractivity contribution in [2.45, 2.75) is 26.5 Å². The topological polar surface area (TPSA) is 68.5 Å². The molecule has 0 saturated carbocycles. The number of rotatable bonds is 4. The van der Waals surface area contributed by atoms with Gasteiger partial charge in [0, 0.05) is 0 Å². The standard InChI is InChI=1S/C26H21NO4/c1-15-12-16(2)24-20(13-15)23(28)21-22(27-26(29)25(21)31-24)18-8-10-19(11-9-18)30-14-17-6-4-3-5-7-17/h3-13,22H,14H2,1-2H3,(H,27,29). The molecule has 1 aliphatic heterocycles. The Balaban J connectivity index is 1.48. The fourth-order valence-corrected chi connectivity index (χ4v) is 4.11. The van der Waals surface area contributed by atoms with Gasteiger partial charge in [-0.05, 0) is 54.3 Å². The predicted molar refractivity (Wildman–Crippen MR) is 118 cm³/mol. The number of nitrogens with one attached hydrogen (secondary N) is 1. The van der Waals surface area contributed by atoms with Crippen LogP contribution >= 0.6 is 0 Å². The Labute approximate surface area is 179 Å². The Bertz CT molecular complexity index is 1350. The van der Waals surface area contributed by atoms with Crippen LogP contribution in [0, 0.1) is 13.8 Å². The summed E-state index contributed by atoms with van der Waals surface area (Å²) in [5.74, 6) is 0.441. The Hall–Kier alpha value is -3.86. The summed E-state index contributed by atoms with van der Waals surface area (Å²) in [7, 11) is 0. The van der Waals surface area contributed by atoms with Crippen molar-refractivity contribution in [1.29, 1.82) is 0 Å². The number of fused-ring (bicyclic) bond motifs is 2. The zero-order chi connectivity index (χ0) is 21.5. The van der Waals surface area contributed by atoms with Crippen LogP contribution in [0.3, 0.4) is 0 Å². The van der Waals surface area contributed by atoms with Crippen LogP contribution in [-0.2, 0) is 6.61 Å². The van der Waals surface area contributed by atoms with Crippen LogP contribution in [0.4, 0.5) is 0 Å². The second-order valence-corrected chi connectivity index (χ2v) is 7.88. The van der Waals surface area contributed by atoms with Crippen LogP contribution in [0.2, 0.25) is 0 Å². The molecule has 0 fully saturated rings. The first-order chi connectivity index (χ1) is 15.0. The van der Waals surface area contributed by atoms with Crippen molar-refractivity contribution in [1.82, 2.24) is 5.32 Å². The van der Waals surface area contributed by atoms with Crippen molar-refractivity contribution in [3.63, 3.8) is 0 Å². The first-order valence-corrected chi connectivity index (χ1v) is 10.2. The third-order valence-corrected chi connectivity index (χ3v) is 5.59. The van der Waals surface area contributed by atoms with Crippen LogP contribution < -0.4 is 15.5 Å². The van der Waals surface area contributed by atoms with Gasteiger partial charge in [0.15, 0.2) is 5.43 Å². The molecule has 1 atom stereocenters. The predicted octanol–water partition coefficient (Wildman–Crippen LogP) is 4.82. The summed E-state index contributed by atoms with van der Waals surface area (Å²) in [6.07, 6.45) is 0. The molecule has 5 heteroatoms. The van der Waals surface area contributed by atoms with E-state index in [-0.39, 0.29) is 17.1 Å². The molecular formula is C26H21NO4. The van der Waals surface area contributed by atoms with Gasteiger partial charge in [0.05, 0.1) is 17.0 Å². The van der Waals surface area contributed by atoms with Crippen molar-refractivity contribution in [2.75, 3.05) is 0 Å². The van der Waals surface area contributed by atoms with E-state index in [1.165, 1.54) is 0 Å². The molecular weight excluding hydrogens is 390 g/mol. The minimum absolute atomic E-state index is 0.0962. The van der Waals surface area contributed by atoms with Gasteiger partial charge in [0.25, 0.3) is 5.91 Å². The molecule has 1 N–H and O–H groups in total. The number of carbonyl (C=O) groups is 1. The van der Waals surface area contributed by atoms with E-state index in [4.69, 9.17) is 9.15 Å². The Morgan fingerprint density at radius 1 is 0.968 bits per heavy atom. The van der Waals surface area contributed by atoms with Crippen LogP contribution in [0.5, 0.6) is 5.75 Å². The van der Waals surface area contributed by atoms with Gasteiger partial charge < -0.3 is 14.5 Å². The van der Waals surface area contributed by atoms with E-state index in [1.807, 2.05) is 80.6 Å². The smallest absolute Gasteiger partial charge is 0.288 e. The first kappa shape index (κ1) is 19.1. The molecule has 2 heterocycles. The van der Waals surface area contributed by atoms with E-state index >= 15 is 0 Å². The molecule has 1 aromatic heterocycles. The zero-order valence-electron chi connectivity index (χ0n) is 17.3. The van der Waals surface area contributed by atoms with Gasteiger partial charge in [-0.15, -0.1) is 0 Å². The lowest BCUT2D eigenvalue weighted by Crippen LogP contribution is -2.21. The quantitative estimate of drug-likeness (QED) is 0.523. The number of aryl methyl sites for hydroxylation is 2. The van der Waals surface area contributed by atoms with Gasteiger partial charge in [-0.2, -0.15) is 0 Å². The maximum Gasteiger partial charge on any atom is 0.288 e. The molecule has 1 unspecified atom stereocenters. The molecule has 1 aliphatic rings. The van der Waals surface area contributed by atoms with Crippen LogP contribution in [-0.4, -0.2) is 5.91 Å². The molecule has 31 heavy (non-hydrogen) atoms. The Morgan fingerprint density at radius 3 is 2.45 bits per heavy atom. The molecule has 5 nitrogen and oxygen atoms in total. The van der Waals surface area contributed by atoms with Crippen molar-refractivity contribution in [2.24, 2.45) is 0 Å². The third-order valence-electron chi connectivity index (χ3n) is 5.59. The molecule has 0 spiro atoms. The Kier molecular flexibility index (Phi) is 4.59. The second kappa shape index (κ2) is 7.43. The number of hydrogen-bond donors (Lipinski definition) is 1. The van der Waals surface area contributed by atoms with Gasteiger partial charge in [-0.3, -0.25) is 9.59 Å². The number of hydrogen-bond acceptors (Lipinski definition) is 4. The number of ether oxygens (including phenoxy) is 1. The lowest BCUT2D eigenvalue weighted by atomic mass is 9.98. The molecule has 0 radical (unpaired) electrons. The summed E-state index contributed by atoms with van der Waals surface area (Å²) in [5, 5.41) is 3.39. The minimum Gasteiger partial charge on any atom is -0.489 e. The van der Waals surface area contributed by atoms with E-state index in [9.17, 15) is 9.59 Å². The van der Waals surface area contributed by atoms with Crippen molar-refractivity contribution < 1.29 is 13.9 Å². The Morgan fingerprint density at radius 2 is 1.71 bits per heavy atom. The number of benzene rings is 3. The molecule has 1 amide bonds. The van der Waals surface area contributed by atoms with E-state index in [0.29, 0.717) is 28.9 Å². The molecule has 5 rings (SSSR count). The summed E-state index contributed by atoms with van der Waals surface area (Å²) in [4.78, 5) is 25.9. The average Bonchev–Trinajstić information content (AvgIpc) is 3.11. The largest absolute Gasteiger partial charge is 0.489 e. The van der Waals surface area contributed by atoms with E-state index in [0.717, 1.165) is 22.3 Å². The molecule has 154 valence electrons. The van der Waals surface area contributed by atoms with Crippen molar-refractivity contribution in [3.8, 4) is 5.75 Å². The lowest BCUT2D eigenvalue weighted by molar-refractivity contribution is 0.0938. The van der Waals surface area contributed by atoms with E-state index in [1.54, 1.807) is 0 Å². The van der Waals surface area contributed by atoms with Crippen molar-refractivity contribution >= 4 is 16.9 Å². The normalized spacial score (nSPS) is 15.0. The highest BCUT2D eigenvalue weighted by molar-refractivity contribution is 5.99. The summed E-state index contributed by atoms with van der Waals surface area (Å²) in [5.41, 5.74) is 4.36. The number of carbonyl (C=O) groups excluding carboxylic acids is 1. The fraction of sp³-hybridized carbons (Fsp3) is 0.154. The summed E-state index contributed by atoms with van der Waals surface area (Å²) < 4.78 is 11.7. The van der Waals surface area contributed by atoms with Gasteiger partial charge in [0.1, 0.15) is 17.9 Å². The first-order valence-electron chi connectivity index (χ1n) is 10.2. The SMILES string of the molecule is Cc1cc(C)c2oc3c(c(=O)c2c1)C(c1ccc(OCc2ccccc2)cc1)NC3=O.